The first-order valence-electron chi connectivity index (χ1n) is 20.6. The number of imidazole rings is 1. The van der Waals surface area contributed by atoms with Gasteiger partial charge in [0.15, 0.2) is 17.6 Å². The van der Waals surface area contributed by atoms with Gasteiger partial charge >= 0.3 is 5.69 Å². The third-order valence-electron chi connectivity index (χ3n) is 12.2. The highest BCUT2D eigenvalue weighted by atomic mass is 19.3. The van der Waals surface area contributed by atoms with Gasteiger partial charge in [-0.3, -0.25) is 43.3 Å². The van der Waals surface area contributed by atoms with Crippen molar-refractivity contribution >= 4 is 45.9 Å². The number of amides is 3. The van der Waals surface area contributed by atoms with E-state index in [1.54, 1.807) is 23.9 Å². The zero-order valence-corrected chi connectivity index (χ0v) is 33.9. The Kier molecular flexibility index (Phi) is 11.4. The summed E-state index contributed by atoms with van der Waals surface area (Å²) in [6.45, 7) is 5.60. The summed E-state index contributed by atoms with van der Waals surface area (Å²) in [5, 5.41) is 13.3. The van der Waals surface area contributed by atoms with E-state index in [-0.39, 0.29) is 54.9 Å². The molecule has 61 heavy (non-hydrogen) atoms. The van der Waals surface area contributed by atoms with Crippen molar-refractivity contribution in [2.45, 2.75) is 63.1 Å². The van der Waals surface area contributed by atoms with Crippen molar-refractivity contribution in [1.82, 2.24) is 48.6 Å². The molecule has 0 radical (unpaired) electrons. The lowest BCUT2D eigenvalue weighted by Gasteiger charge is -2.39. The Hall–Kier alpha value is -5.61. The fourth-order valence-electron chi connectivity index (χ4n) is 8.84. The molecular formula is C40H48F2N12O7. The smallest absolute Gasteiger partial charge is 0.329 e. The van der Waals surface area contributed by atoms with Crippen LogP contribution in [0.1, 0.15) is 65.8 Å². The summed E-state index contributed by atoms with van der Waals surface area (Å²) in [7, 11) is 3.75. The van der Waals surface area contributed by atoms with Crippen LogP contribution >= 0.6 is 0 Å². The van der Waals surface area contributed by atoms with E-state index in [9.17, 15) is 28.0 Å². The maximum atomic E-state index is 14.2. The second-order valence-corrected chi connectivity index (χ2v) is 16.0. The minimum Gasteiger partial charge on any atom is -0.378 e. The van der Waals surface area contributed by atoms with Gasteiger partial charge in [-0.1, -0.05) is 12.1 Å². The van der Waals surface area contributed by atoms with Gasteiger partial charge < -0.3 is 24.4 Å². The Labute approximate surface area is 348 Å². The first kappa shape index (κ1) is 40.8. The van der Waals surface area contributed by atoms with Gasteiger partial charge in [-0.15, -0.1) is 0 Å². The van der Waals surface area contributed by atoms with Crippen molar-refractivity contribution in [3.8, 4) is 0 Å². The van der Waals surface area contributed by atoms with Gasteiger partial charge in [0.25, 0.3) is 12.3 Å². The number of likely N-dealkylation sites (tertiary alicyclic amines) is 1. The Bertz CT molecular complexity index is 2500. The number of nitrogens with zero attached hydrogens (tertiary/aromatic N) is 10. The van der Waals surface area contributed by atoms with E-state index in [1.807, 2.05) is 30.1 Å². The zero-order valence-electron chi connectivity index (χ0n) is 33.9. The van der Waals surface area contributed by atoms with Crippen molar-refractivity contribution in [2.75, 3.05) is 76.4 Å². The number of aryl methyl sites for hydroxylation is 1. The van der Waals surface area contributed by atoms with Gasteiger partial charge in [0.1, 0.15) is 17.4 Å². The highest BCUT2D eigenvalue weighted by molar-refractivity contribution is 6.08. The van der Waals surface area contributed by atoms with Gasteiger partial charge in [0.2, 0.25) is 11.8 Å². The number of carbonyl (C=O) groups is 3. The normalized spacial score (nSPS) is 22.2. The number of hydrogen-bond acceptors (Lipinski definition) is 13. The number of rotatable bonds is 11. The van der Waals surface area contributed by atoms with Crippen LogP contribution in [0.4, 0.5) is 20.3 Å². The molecule has 9 rings (SSSR count). The Morgan fingerprint density at radius 1 is 1.05 bits per heavy atom. The van der Waals surface area contributed by atoms with Crippen LogP contribution in [0.2, 0.25) is 0 Å². The van der Waals surface area contributed by atoms with Crippen LogP contribution in [0.15, 0.2) is 47.7 Å². The fourth-order valence-corrected chi connectivity index (χ4v) is 8.84. The number of piperidine rings is 2. The van der Waals surface area contributed by atoms with E-state index >= 15 is 0 Å². The van der Waals surface area contributed by atoms with Gasteiger partial charge in [0.05, 0.1) is 55.4 Å². The molecule has 8 heterocycles. The number of anilines is 2. The lowest BCUT2D eigenvalue weighted by Crippen LogP contribution is -2.47. The van der Waals surface area contributed by atoms with E-state index in [0.717, 1.165) is 37.0 Å². The molecule has 0 saturated carbocycles. The highest BCUT2D eigenvalue weighted by Gasteiger charge is 2.34. The number of alkyl halides is 2. The molecule has 21 heteroatoms. The van der Waals surface area contributed by atoms with Crippen LogP contribution in [0.25, 0.3) is 16.7 Å². The van der Waals surface area contributed by atoms with Crippen LogP contribution in [0.3, 0.4) is 0 Å². The number of para-hydroxylation sites is 1. The summed E-state index contributed by atoms with van der Waals surface area (Å²) >= 11 is 0. The molecule has 324 valence electrons. The highest BCUT2D eigenvalue weighted by Crippen LogP contribution is 2.30. The molecule has 3 amide bonds. The fraction of sp³-hybridized carbons (Fsp3) is 0.525. The van der Waals surface area contributed by atoms with Gasteiger partial charge in [-0.25, -0.2) is 23.1 Å². The molecule has 0 spiro atoms. The quantitative estimate of drug-likeness (QED) is 0.184. The third-order valence-corrected chi connectivity index (χ3v) is 12.2. The van der Waals surface area contributed by atoms with Gasteiger partial charge in [-0.2, -0.15) is 10.2 Å². The molecule has 4 aromatic heterocycles. The summed E-state index contributed by atoms with van der Waals surface area (Å²) in [5.41, 5.74) is 1.90. The largest absolute Gasteiger partial charge is 0.378 e. The number of imide groups is 1. The summed E-state index contributed by atoms with van der Waals surface area (Å²) < 4.78 is 52.0. The minimum absolute atomic E-state index is 0.122. The van der Waals surface area contributed by atoms with E-state index in [0.29, 0.717) is 56.4 Å². The molecule has 5 aromatic rings. The average Bonchev–Trinajstić information content (AvgIpc) is 3.96. The Morgan fingerprint density at radius 2 is 1.82 bits per heavy atom. The molecule has 1 atom stereocenters. The van der Waals surface area contributed by atoms with E-state index in [1.165, 1.54) is 26.2 Å². The molecule has 4 fully saturated rings. The second kappa shape index (κ2) is 17.0. The number of benzene rings is 1. The SMILES string of the molecule is CN(C[C@H]1OC[C@H](n2cc(NC(=O)c3cnn4ccc(N5CCOCC5)nc34)c(C(F)F)n2)CO1)C1CCN(Cc2cccc3c2n(C)c(=O)n3C2CCC(=O)NC2=O)CC1. The minimum atomic E-state index is -2.95. The first-order valence-corrected chi connectivity index (χ1v) is 20.6. The zero-order chi connectivity index (χ0) is 42.4. The van der Waals surface area contributed by atoms with Crippen LogP contribution in [0, 0.1) is 0 Å². The third kappa shape index (κ3) is 8.14. The van der Waals surface area contributed by atoms with Crippen molar-refractivity contribution in [2.24, 2.45) is 7.05 Å². The van der Waals surface area contributed by atoms with E-state index in [2.05, 4.69) is 35.6 Å². The lowest BCUT2D eigenvalue weighted by molar-refractivity contribution is -0.206. The molecule has 2 N–H and O–H groups in total. The number of likely N-dealkylation sites (N-methyl/N-ethyl adjacent to an activating group) is 1. The average molecular weight is 847 g/mol. The summed E-state index contributed by atoms with van der Waals surface area (Å²) in [6.07, 6.45) is 3.23. The molecule has 0 aliphatic carbocycles. The van der Waals surface area contributed by atoms with Gasteiger partial charge in [-0.05, 0) is 57.1 Å². The number of carbonyl (C=O) groups excluding carboxylic acids is 3. The van der Waals surface area contributed by atoms with Crippen molar-refractivity contribution in [3.63, 3.8) is 0 Å². The second-order valence-electron chi connectivity index (χ2n) is 16.0. The number of halogens is 2. The number of aromatic nitrogens is 7. The molecule has 1 unspecified atom stereocenters. The predicted molar refractivity (Wildman–Crippen MR) is 215 cm³/mol. The number of nitrogens with one attached hydrogen (secondary N) is 2. The molecule has 1 aromatic carbocycles. The number of fused-ring (bicyclic) bond motifs is 2. The predicted octanol–water partition coefficient (Wildman–Crippen LogP) is 2.09. The maximum Gasteiger partial charge on any atom is 0.329 e. The number of ether oxygens (including phenoxy) is 3. The Balaban J connectivity index is 0.780. The summed E-state index contributed by atoms with van der Waals surface area (Å²) in [5.74, 6) is -0.758. The van der Waals surface area contributed by atoms with Crippen LogP contribution in [-0.4, -0.2) is 140 Å². The monoisotopic (exact) mass is 846 g/mol. The standard InChI is InChI=1S/C40H48F2N12O7/c1-48(25-8-11-50(12-9-25)19-24-4-3-5-29-35(24)49(2)40(58)54(29)30-6-7-32(55)46-39(30)57)21-33-60-22-26(23-61-33)53-20-28(34(47-53)36(41)42)44-38(56)27-18-43-52-13-10-31(45-37(27)52)51-14-16-59-17-15-51/h3-5,10,13,18,20,25-26,30,33,36H,6-9,11-12,14-17,19,21-23H2,1-2H3,(H,44,56)(H,46,55,57)/t26-,30?,33-. The van der Waals surface area contributed by atoms with Crippen LogP contribution < -0.4 is 21.2 Å². The molecule has 4 saturated heterocycles. The Morgan fingerprint density at radius 3 is 2.56 bits per heavy atom. The van der Waals surface area contributed by atoms with Crippen LogP contribution in [0.5, 0.6) is 0 Å². The molecule has 19 nitrogen and oxygen atoms in total. The molecule has 0 bridgehead atoms. The molecule has 4 aliphatic rings. The van der Waals surface area contributed by atoms with Crippen molar-refractivity contribution in [3.05, 3.63) is 70.2 Å². The molecular weight excluding hydrogens is 799 g/mol. The topological polar surface area (TPSA) is 188 Å². The first-order chi connectivity index (χ1) is 29.5. The van der Waals surface area contributed by atoms with Crippen LogP contribution in [-0.2, 0) is 37.4 Å². The number of morpholine rings is 1. The van der Waals surface area contributed by atoms with Crippen molar-refractivity contribution in [1.29, 1.82) is 0 Å². The lowest BCUT2D eigenvalue weighted by atomic mass is 10.0. The van der Waals surface area contributed by atoms with Gasteiger partial charge in [0, 0.05) is 58.1 Å². The summed E-state index contributed by atoms with van der Waals surface area (Å²) in [4.78, 5) is 62.5. The van der Waals surface area contributed by atoms with E-state index in [4.69, 9.17) is 14.2 Å². The van der Waals surface area contributed by atoms with Crippen molar-refractivity contribution < 1.29 is 37.4 Å². The molecule has 4 aliphatic heterocycles. The maximum absolute atomic E-state index is 14.2. The summed E-state index contributed by atoms with van der Waals surface area (Å²) in [6, 6.07) is 6.61. The number of hydrogen-bond donors (Lipinski definition) is 2. The van der Waals surface area contributed by atoms with E-state index < -0.39 is 42.3 Å².